The Morgan fingerprint density at radius 2 is 1.70 bits per heavy atom. The van der Waals surface area contributed by atoms with Crippen molar-refractivity contribution >= 4 is 33.2 Å². The molecule has 0 heterocycles. The van der Waals surface area contributed by atoms with E-state index in [0.717, 1.165) is 18.2 Å². The molecule has 0 aliphatic rings. The Morgan fingerprint density at radius 1 is 1.04 bits per heavy atom. The fourth-order valence-corrected chi connectivity index (χ4v) is 2.74. The van der Waals surface area contributed by atoms with Crippen LogP contribution in [-0.4, -0.2) is 20.9 Å². The lowest BCUT2D eigenvalue weighted by molar-refractivity contribution is -0.115. The first kappa shape index (κ1) is 17.3. The Morgan fingerprint density at radius 3 is 2.30 bits per heavy atom. The number of hydrogen-bond donors (Lipinski definition) is 2. The molecule has 0 saturated carbocycles. The average Bonchev–Trinajstić information content (AvgIpc) is 2.50. The summed E-state index contributed by atoms with van der Waals surface area (Å²) in [5, 5.41) is 2.62. The number of nitrogens with one attached hydrogen (secondary N) is 2. The van der Waals surface area contributed by atoms with Gasteiger partial charge in [-0.25, -0.2) is 21.9 Å². The van der Waals surface area contributed by atoms with Crippen LogP contribution >= 0.6 is 11.6 Å². The molecule has 0 spiro atoms. The van der Waals surface area contributed by atoms with E-state index in [4.69, 9.17) is 11.6 Å². The molecule has 0 radical (unpaired) electrons. The molecule has 122 valence electrons. The molecule has 0 unspecified atom stereocenters. The van der Waals surface area contributed by atoms with Gasteiger partial charge in [0, 0.05) is 16.8 Å². The number of sulfonamides is 1. The predicted octanol–water partition coefficient (Wildman–Crippen LogP) is 2.54. The van der Waals surface area contributed by atoms with Crippen molar-refractivity contribution < 1.29 is 22.0 Å². The van der Waals surface area contributed by atoms with Crippen molar-refractivity contribution in [1.29, 1.82) is 0 Å². The van der Waals surface area contributed by atoms with Crippen LogP contribution in [0.2, 0.25) is 5.02 Å². The molecule has 0 saturated heterocycles. The highest BCUT2D eigenvalue weighted by atomic mass is 35.5. The number of benzene rings is 2. The number of hydrogen-bond acceptors (Lipinski definition) is 3. The van der Waals surface area contributed by atoms with Crippen LogP contribution in [0.4, 0.5) is 14.5 Å². The van der Waals surface area contributed by atoms with Crippen molar-refractivity contribution in [3.8, 4) is 0 Å². The SMILES string of the molecule is O=C(CNS(=O)(=O)c1ccc(Cl)cc1)Nc1ccc(F)c(F)c1. The Bertz CT molecular complexity index is 826. The Hall–Kier alpha value is -2.03. The van der Waals surface area contributed by atoms with Crippen LogP contribution in [0.25, 0.3) is 0 Å². The fraction of sp³-hybridized carbons (Fsp3) is 0.0714. The van der Waals surface area contributed by atoms with Gasteiger partial charge in [-0.1, -0.05) is 11.6 Å². The number of carbonyl (C=O) groups excluding carboxylic acids is 1. The molecule has 2 rings (SSSR count). The van der Waals surface area contributed by atoms with E-state index in [9.17, 15) is 22.0 Å². The summed E-state index contributed by atoms with van der Waals surface area (Å²) >= 11 is 5.67. The first-order chi connectivity index (χ1) is 10.8. The second-order valence-corrected chi connectivity index (χ2v) is 6.66. The highest BCUT2D eigenvalue weighted by Crippen LogP contribution is 2.14. The maximum absolute atomic E-state index is 13.0. The third kappa shape index (κ3) is 4.72. The first-order valence-electron chi connectivity index (χ1n) is 6.28. The van der Waals surface area contributed by atoms with Crippen LogP contribution in [0.15, 0.2) is 47.4 Å². The van der Waals surface area contributed by atoms with Crippen molar-refractivity contribution in [2.75, 3.05) is 11.9 Å². The van der Waals surface area contributed by atoms with Gasteiger partial charge in [0.05, 0.1) is 11.4 Å². The Balaban J connectivity index is 1.98. The standard InChI is InChI=1S/C14H11ClF2N2O3S/c15-9-1-4-11(5-2-9)23(21,22)18-8-14(20)19-10-3-6-12(16)13(17)7-10/h1-7,18H,8H2,(H,19,20). The second-order valence-electron chi connectivity index (χ2n) is 4.46. The van der Waals surface area contributed by atoms with E-state index in [0.29, 0.717) is 5.02 Å². The molecule has 5 nitrogen and oxygen atoms in total. The van der Waals surface area contributed by atoms with Crippen LogP contribution < -0.4 is 10.0 Å². The van der Waals surface area contributed by atoms with Crippen molar-refractivity contribution in [1.82, 2.24) is 4.72 Å². The maximum Gasteiger partial charge on any atom is 0.241 e. The Kier molecular flexibility index (Phi) is 5.30. The van der Waals surface area contributed by atoms with Gasteiger partial charge in [0.25, 0.3) is 0 Å². The van der Waals surface area contributed by atoms with E-state index >= 15 is 0 Å². The summed E-state index contributed by atoms with van der Waals surface area (Å²) in [7, 11) is -3.88. The van der Waals surface area contributed by atoms with Crippen LogP contribution in [0, 0.1) is 11.6 Å². The lowest BCUT2D eigenvalue weighted by atomic mass is 10.3. The number of halogens is 3. The number of anilines is 1. The molecule has 2 N–H and O–H groups in total. The lowest BCUT2D eigenvalue weighted by Gasteiger charge is -2.08. The number of rotatable bonds is 5. The molecule has 0 atom stereocenters. The summed E-state index contributed by atoms with van der Waals surface area (Å²) in [5.41, 5.74) is 0.0135. The zero-order valence-corrected chi connectivity index (χ0v) is 13.1. The zero-order valence-electron chi connectivity index (χ0n) is 11.5. The molecule has 0 bridgehead atoms. The van der Waals surface area contributed by atoms with E-state index in [1.165, 1.54) is 24.3 Å². The smallest absolute Gasteiger partial charge is 0.241 e. The predicted molar refractivity (Wildman–Crippen MR) is 81.6 cm³/mol. The van der Waals surface area contributed by atoms with Gasteiger partial charge in [-0.3, -0.25) is 4.79 Å². The third-order valence-electron chi connectivity index (χ3n) is 2.75. The molecule has 9 heteroatoms. The van der Waals surface area contributed by atoms with Crippen LogP contribution in [-0.2, 0) is 14.8 Å². The fourth-order valence-electron chi connectivity index (χ4n) is 1.64. The highest BCUT2D eigenvalue weighted by molar-refractivity contribution is 7.89. The monoisotopic (exact) mass is 360 g/mol. The van der Waals surface area contributed by atoms with Gasteiger partial charge in [0.15, 0.2) is 11.6 Å². The third-order valence-corrected chi connectivity index (χ3v) is 4.42. The molecule has 2 aromatic carbocycles. The number of carbonyl (C=O) groups is 1. The van der Waals surface area contributed by atoms with Crippen molar-refractivity contribution in [2.24, 2.45) is 0 Å². The van der Waals surface area contributed by atoms with Crippen molar-refractivity contribution in [2.45, 2.75) is 4.90 Å². The molecule has 0 aliphatic carbocycles. The van der Waals surface area contributed by atoms with Gasteiger partial charge in [-0.15, -0.1) is 0 Å². The van der Waals surface area contributed by atoms with E-state index in [1.807, 2.05) is 0 Å². The molecular formula is C14H11ClF2N2O3S. The van der Waals surface area contributed by atoms with Crippen LogP contribution in [0.1, 0.15) is 0 Å². The summed E-state index contributed by atoms with van der Waals surface area (Å²) in [6.45, 7) is -0.566. The van der Waals surface area contributed by atoms with E-state index in [1.54, 1.807) is 0 Å². The van der Waals surface area contributed by atoms with Crippen molar-refractivity contribution in [3.63, 3.8) is 0 Å². The van der Waals surface area contributed by atoms with Crippen molar-refractivity contribution in [3.05, 3.63) is 59.1 Å². The van der Waals surface area contributed by atoms with Crippen LogP contribution in [0.5, 0.6) is 0 Å². The van der Waals surface area contributed by atoms with Gasteiger partial charge in [0.2, 0.25) is 15.9 Å². The second kappa shape index (κ2) is 7.03. The van der Waals surface area contributed by atoms with E-state index < -0.39 is 34.1 Å². The van der Waals surface area contributed by atoms with Gasteiger partial charge < -0.3 is 5.32 Å². The molecular weight excluding hydrogens is 350 g/mol. The topological polar surface area (TPSA) is 75.3 Å². The molecule has 23 heavy (non-hydrogen) atoms. The maximum atomic E-state index is 13.0. The summed E-state index contributed by atoms with van der Waals surface area (Å²) in [6, 6.07) is 8.18. The zero-order chi connectivity index (χ0) is 17.0. The van der Waals surface area contributed by atoms with Gasteiger partial charge in [0.1, 0.15) is 0 Å². The minimum absolute atomic E-state index is 0.0135. The minimum atomic E-state index is -3.88. The Labute approximate surface area is 136 Å². The quantitative estimate of drug-likeness (QED) is 0.860. The minimum Gasteiger partial charge on any atom is -0.325 e. The molecule has 0 aliphatic heterocycles. The summed E-state index contributed by atoms with van der Waals surface area (Å²) in [6.07, 6.45) is 0. The summed E-state index contributed by atoms with van der Waals surface area (Å²) < 4.78 is 51.8. The average molecular weight is 361 g/mol. The van der Waals surface area contributed by atoms with Crippen LogP contribution in [0.3, 0.4) is 0 Å². The normalized spacial score (nSPS) is 11.3. The largest absolute Gasteiger partial charge is 0.325 e. The molecule has 2 aromatic rings. The first-order valence-corrected chi connectivity index (χ1v) is 8.14. The molecule has 1 amide bonds. The summed E-state index contributed by atoms with van der Waals surface area (Å²) in [4.78, 5) is 11.6. The van der Waals surface area contributed by atoms with Gasteiger partial charge >= 0.3 is 0 Å². The number of amides is 1. The molecule has 0 fully saturated rings. The molecule has 0 aromatic heterocycles. The van der Waals surface area contributed by atoms with E-state index in [2.05, 4.69) is 10.0 Å². The van der Waals surface area contributed by atoms with Gasteiger partial charge in [-0.05, 0) is 36.4 Å². The lowest BCUT2D eigenvalue weighted by Crippen LogP contribution is -2.32. The van der Waals surface area contributed by atoms with Gasteiger partial charge in [-0.2, -0.15) is 0 Å². The van der Waals surface area contributed by atoms with E-state index in [-0.39, 0.29) is 10.6 Å². The summed E-state index contributed by atoms with van der Waals surface area (Å²) in [5.74, 6) is -2.90. The highest BCUT2D eigenvalue weighted by Gasteiger charge is 2.15.